The largest absolute Gasteiger partial charge is 0.307 e. The van der Waals surface area contributed by atoms with E-state index in [9.17, 15) is 10.5 Å². The molecule has 462 valence electrons. The monoisotopic (exact) mass is 1250 g/mol. The lowest BCUT2D eigenvalue weighted by atomic mass is 9.95. The summed E-state index contributed by atoms with van der Waals surface area (Å²) in [5.41, 5.74) is 27.9. The molecule has 6 heterocycles. The van der Waals surface area contributed by atoms with Crippen molar-refractivity contribution in [3.63, 3.8) is 0 Å². The predicted octanol–water partition coefficient (Wildman–Crippen LogP) is 22.4. The summed E-state index contributed by atoms with van der Waals surface area (Å²) in [6.07, 6.45) is 0.618. The summed E-state index contributed by atoms with van der Waals surface area (Å²) >= 11 is 0. The van der Waals surface area contributed by atoms with Crippen molar-refractivity contribution in [2.75, 3.05) is 0 Å². The Balaban J connectivity index is 0.861. The quantitative estimate of drug-likeness (QED) is 0.136. The van der Waals surface area contributed by atoms with Crippen LogP contribution in [0.1, 0.15) is 50.3 Å². The minimum absolute atomic E-state index is 0.544. The van der Waals surface area contributed by atoms with Crippen LogP contribution in [0.5, 0.6) is 0 Å². The lowest BCUT2D eigenvalue weighted by Crippen LogP contribution is -2.06. The molecule has 0 aliphatic rings. The van der Waals surface area contributed by atoms with Crippen LogP contribution in [-0.4, -0.2) is 28.2 Å². The Labute approximate surface area is 566 Å². The zero-order valence-corrected chi connectivity index (χ0v) is 54.8. The Kier molecular flexibility index (Phi) is 13.4. The zero-order chi connectivity index (χ0) is 66.0. The molecule has 0 radical (unpaired) electrons. The van der Waals surface area contributed by atoms with Crippen LogP contribution in [0.15, 0.2) is 273 Å². The number of rotatable bonds is 10. The molecule has 0 bridgehead atoms. The lowest BCUT2D eigenvalue weighted by molar-refractivity contribution is 1.08. The smallest absolute Gasteiger partial charge is 0.0998 e. The van der Waals surface area contributed by atoms with Gasteiger partial charge in [-0.3, -0.25) is 4.98 Å². The molecular weight excluding hydrogens is 1190 g/mol. The van der Waals surface area contributed by atoms with Crippen LogP contribution in [-0.2, 0) is 6.42 Å². The van der Waals surface area contributed by atoms with E-state index >= 15 is 0 Å². The van der Waals surface area contributed by atoms with Crippen molar-refractivity contribution < 1.29 is 0 Å². The lowest BCUT2D eigenvalue weighted by Gasteiger charge is -2.20. The number of pyridine rings is 2. The average molecular weight is 1260 g/mol. The van der Waals surface area contributed by atoms with Gasteiger partial charge in [-0.2, -0.15) is 10.5 Å². The van der Waals surface area contributed by atoms with Gasteiger partial charge in [0.05, 0.1) is 102 Å². The van der Waals surface area contributed by atoms with Crippen LogP contribution in [0.25, 0.3) is 155 Å². The van der Waals surface area contributed by atoms with E-state index in [4.69, 9.17) is 9.97 Å². The third-order valence-electron chi connectivity index (χ3n) is 19.9. The molecule has 0 fully saturated rings. The fourth-order valence-electron chi connectivity index (χ4n) is 15.6. The first-order chi connectivity index (χ1) is 48.0. The number of nitrogens with zero attached hydrogens (tertiary/aromatic N) is 8. The van der Waals surface area contributed by atoms with Crippen molar-refractivity contribution in [3.8, 4) is 79.7 Å². The Morgan fingerprint density at radius 2 is 0.622 bits per heavy atom. The molecule has 0 saturated heterocycles. The third kappa shape index (κ3) is 9.33. The van der Waals surface area contributed by atoms with Gasteiger partial charge in [-0.05, 0) is 178 Å². The Hall–Kier alpha value is -12.9. The molecule has 0 atom stereocenters. The highest BCUT2D eigenvalue weighted by molar-refractivity contribution is 6.14. The van der Waals surface area contributed by atoms with E-state index in [1.807, 2.05) is 50.2 Å². The maximum absolute atomic E-state index is 11.7. The van der Waals surface area contributed by atoms with Crippen molar-refractivity contribution in [2.45, 2.75) is 41.0 Å². The molecular formula is C90H62N8. The minimum atomic E-state index is 0.544. The fourth-order valence-corrected chi connectivity index (χ4v) is 15.6. The number of aryl methyl sites for hydroxylation is 5. The molecule has 12 aromatic carbocycles. The summed E-state index contributed by atoms with van der Waals surface area (Å²) in [5, 5.41) is 32.2. The highest BCUT2D eigenvalue weighted by atomic mass is 15.1. The van der Waals surface area contributed by atoms with E-state index in [0.717, 1.165) is 188 Å². The van der Waals surface area contributed by atoms with Gasteiger partial charge in [-0.25, -0.2) is 4.98 Å². The van der Waals surface area contributed by atoms with Gasteiger partial charge in [-0.1, -0.05) is 175 Å². The van der Waals surface area contributed by atoms with Gasteiger partial charge in [0.25, 0.3) is 0 Å². The molecule has 0 spiro atoms. The van der Waals surface area contributed by atoms with E-state index < -0.39 is 0 Å². The summed E-state index contributed by atoms with van der Waals surface area (Å²) in [6.45, 7) is 10.5. The van der Waals surface area contributed by atoms with Gasteiger partial charge in [-0.15, -0.1) is 0 Å². The van der Waals surface area contributed by atoms with Gasteiger partial charge in [0.1, 0.15) is 0 Å². The van der Waals surface area contributed by atoms with Crippen LogP contribution in [0, 0.1) is 57.3 Å². The summed E-state index contributed by atoms with van der Waals surface area (Å²) in [6, 6.07) is 103. The molecule has 0 N–H and O–H groups in total. The van der Waals surface area contributed by atoms with E-state index in [1.165, 1.54) is 5.56 Å². The van der Waals surface area contributed by atoms with Crippen molar-refractivity contribution in [1.29, 1.82) is 10.5 Å². The van der Waals surface area contributed by atoms with Crippen LogP contribution < -0.4 is 0 Å². The van der Waals surface area contributed by atoms with Gasteiger partial charge in [0.2, 0.25) is 0 Å². The second kappa shape index (κ2) is 22.7. The predicted molar refractivity (Wildman–Crippen MR) is 403 cm³/mol. The van der Waals surface area contributed by atoms with Gasteiger partial charge >= 0.3 is 0 Å². The van der Waals surface area contributed by atoms with Crippen molar-refractivity contribution >= 4 is 87.2 Å². The van der Waals surface area contributed by atoms with Gasteiger partial charge in [0.15, 0.2) is 0 Å². The third-order valence-corrected chi connectivity index (χ3v) is 19.9. The summed E-state index contributed by atoms with van der Waals surface area (Å²) in [5.74, 6) is 0. The van der Waals surface area contributed by atoms with Crippen molar-refractivity contribution in [1.82, 2.24) is 28.2 Å². The molecule has 18 aromatic rings. The summed E-state index contributed by atoms with van der Waals surface area (Å²) in [7, 11) is 0. The number of para-hydroxylation sites is 3. The maximum Gasteiger partial charge on any atom is 0.0998 e. The molecule has 98 heavy (non-hydrogen) atoms. The standard InChI is InChI=1S/C90H62N8/c1-54-29-36-82-75(38-54)69-24-14-17-27-81(69)95(82)89-51-74(64-46-77(61-18-8-6-9-19-61)94-78(47-64)62-20-10-7-11-21-62)66(53-92)49-87(89)98-83-37-30-55(2)39-76(83)72-35-32-60(45-86(72)98)43-59-31-34-71-68-23-13-16-26-80(68)97(85(71)44-59)88-48-65(52-91)73(63-41-57(4)93-58(5)42-63)50-90(88)96-79-25-15-12-22-67(79)70-33-28-56(3)40-84(70)96/h6-42,44-51H,43H2,1-5H3. The molecule has 0 aliphatic carbocycles. The molecule has 18 rings (SSSR count). The van der Waals surface area contributed by atoms with Crippen LogP contribution >= 0.6 is 0 Å². The molecule has 8 nitrogen and oxygen atoms in total. The topological polar surface area (TPSA) is 93.1 Å². The van der Waals surface area contributed by atoms with Crippen molar-refractivity contribution in [3.05, 3.63) is 323 Å². The number of nitriles is 2. The van der Waals surface area contributed by atoms with E-state index in [-0.39, 0.29) is 0 Å². The molecule has 8 heteroatoms. The first-order valence-electron chi connectivity index (χ1n) is 33.3. The first-order valence-corrected chi connectivity index (χ1v) is 33.3. The number of aromatic nitrogens is 6. The normalized spacial score (nSPS) is 11.7. The van der Waals surface area contributed by atoms with Crippen LogP contribution in [0.3, 0.4) is 0 Å². The van der Waals surface area contributed by atoms with Gasteiger partial charge in [0, 0.05) is 76.7 Å². The molecule has 0 saturated carbocycles. The molecule has 0 amide bonds. The SMILES string of the molecule is Cc1ccc2c(c1)c1ccccc1n2-c1cc(-c2cc(-c3ccccc3)nc(-c3ccccc3)c2)c(C#N)cc1-n1c2ccc(C)cc2c2ccc(Cc3ccc4c5ccccc5n(-c5cc(C#N)c(-c6cc(C)nc(C)c6)cc5-n5c6ccccc6c6ccc(C)cc65)c4c3)cc21. The number of benzene rings is 12. The molecule has 0 aliphatic heterocycles. The second-order valence-corrected chi connectivity index (χ2v) is 26.3. The zero-order valence-electron chi connectivity index (χ0n) is 54.8. The van der Waals surface area contributed by atoms with Gasteiger partial charge < -0.3 is 18.3 Å². The van der Waals surface area contributed by atoms with Crippen molar-refractivity contribution in [2.24, 2.45) is 0 Å². The maximum atomic E-state index is 11.7. The Bertz CT molecular complexity index is 6400. The molecule has 6 aromatic heterocycles. The van der Waals surface area contributed by atoms with Crippen LogP contribution in [0.2, 0.25) is 0 Å². The Morgan fingerprint density at radius 1 is 0.276 bits per heavy atom. The highest BCUT2D eigenvalue weighted by Crippen LogP contribution is 2.45. The highest BCUT2D eigenvalue weighted by Gasteiger charge is 2.27. The van der Waals surface area contributed by atoms with E-state index in [0.29, 0.717) is 17.5 Å². The number of hydrogen-bond donors (Lipinski definition) is 0. The van der Waals surface area contributed by atoms with Crippen LogP contribution in [0.4, 0.5) is 0 Å². The minimum Gasteiger partial charge on any atom is -0.307 e. The summed E-state index contributed by atoms with van der Waals surface area (Å²) in [4.78, 5) is 10.0. The molecule has 0 unspecified atom stereocenters. The van der Waals surface area contributed by atoms with E-state index in [2.05, 4.69) is 288 Å². The fraction of sp³-hybridized carbons (Fsp3) is 0.0667. The number of hydrogen-bond acceptors (Lipinski definition) is 4. The first kappa shape index (κ1) is 57.8. The summed E-state index contributed by atoms with van der Waals surface area (Å²) < 4.78 is 9.61. The average Bonchev–Trinajstić information content (AvgIpc) is 1.55. The van der Waals surface area contributed by atoms with E-state index in [1.54, 1.807) is 0 Å². The Morgan fingerprint density at radius 3 is 1.09 bits per heavy atom. The second-order valence-electron chi connectivity index (χ2n) is 26.3. The number of fused-ring (bicyclic) bond motifs is 12.